The van der Waals surface area contributed by atoms with Gasteiger partial charge in [-0.05, 0) is 6.92 Å². The molecular formula is C6H8ClF3O3. The van der Waals surface area contributed by atoms with Gasteiger partial charge in [0.15, 0.2) is 0 Å². The lowest BCUT2D eigenvalue weighted by Crippen LogP contribution is -2.49. The smallest absolute Gasteiger partial charge is 0.443 e. The van der Waals surface area contributed by atoms with E-state index in [-0.39, 0.29) is 6.61 Å². The van der Waals surface area contributed by atoms with Gasteiger partial charge >= 0.3 is 17.2 Å². The second kappa shape index (κ2) is 4.15. The van der Waals surface area contributed by atoms with E-state index in [0.717, 1.165) is 0 Å². The highest BCUT2D eigenvalue weighted by atomic mass is 35.5. The summed E-state index contributed by atoms with van der Waals surface area (Å²) in [6.07, 6.45) is -5.00. The van der Waals surface area contributed by atoms with Crippen LogP contribution in [0.15, 0.2) is 0 Å². The summed E-state index contributed by atoms with van der Waals surface area (Å²) in [6, 6.07) is 0. The summed E-state index contributed by atoms with van der Waals surface area (Å²) in [4.78, 5) is 10.7. The molecule has 0 aromatic heterocycles. The summed E-state index contributed by atoms with van der Waals surface area (Å²) in [5, 5.41) is -3.40. The topological polar surface area (TPSA) is 35.5 Å². The third-order valence-corrected chi connectivity index (χ3v) is 1.71. The number of halogens is 4. The molecule has 0 rings (SSSR count). The van der Waals surface area contributed by atoms with E-state index in [4.69, 9.17) is 11.6 Å². The van der Waals surface area contributed by atoms with Crippen LogP contribution in [0.3, 0.4) is 0 Å². The zero-order valence-electron chi connectivity index (χ0n) is 6.94. The Morgan fingerprint density at radius 2 is 1.92 bits per heavy atom. The fourth-order valence-electron chi connectivity index (χ4n) is 0.539. The highest BCUT2D eigenvalue weighted by Gasteiger charge is 2.62. The molecule has 0 heterocycles. The maximum atomic E-state index is 12.1. The van der Waals surface area contributed by atoms with Crippen molar-refractivity contribution >= 4 is 17.6 Å². The number of carbonyl (C=O) groups excluding carboxylic acids is 1. The molecule has 0 saturated heterocycles. The molecule has 0 amide bonds. The number of ether oxygens (including phenoxy) is 2. The molecule has 0 saturated carbocycles. The fourth-order valence-corrected chi connectivity index (χ4v) is 0.593. The Morgan fingerprint density at radius 3 is 2.15 bits per heavy atom. The largest absolute Gasteiger partial charge is 0.463 e. The predicted molar refractivity (Wildman–Crippen MR) is 38.3 cm³/mol. The molecule has 0 aliphatic heterocycles. The normalized spacial score (nSPS) is 16.5. The molecule has 0 radical (unpaired) electrons. The summed E-state index contributed by atoms with van der Waals surface area (Å²) in [5.41, 5.74) is 0. The number of alkyl halides is 4. The monoisotopic (exact) mass is 220 g/mol. The SMILES string of the molecule is CCOC(=O)C(Cl)(OC)C(F)(F)F. The summed E-state index contributed by atoms with van der Waals surface area (Å²) >= 11 is 4.91. The molecule has 13 heavy (non-hydrogen) atoms. The van der Waals surface area contributed by atoms with Crippen molar-refractivity contribution in [3.8, 4) is 0 Å². The van der Waals surface area contributed by atoms with Crippen molar-refractivity contribution < 1.29 is 27.4 Å². The third kappa shape index (κ3) is 2.47. The van der Waals surface area contributed by atoms with Gasteiger partial charge in [-0.15, -0.1) is 0 Å². The van der Waals surface area contributed by atoms with Crippen molar-refractivity contribution in [3.63, 3.8) is 0 Å². The molecule has 0 spiro atoms. The Balaban J connectivity index is 4.73. The maximum absolute atomic E-state index is 12.1. The number of hydrogen-bond acceptors (Lipinski definition) is 3. The number of carbonyl (C=O) groups is 1. The minimum Gasteiger partial charge on any atom is -0.463 e. The van der Waals surface area contributed by atoms with E-state index < -0.39 is 17.2 Å². The first kappa shape index (κ1) is 12.5. The number of esters is 1. The van der Waals surface area contributed by atoms with Crippen LogP contribution < -0.4 is 0 Å². The van der Waals surface area contributed by atoms with Gasteiger partial charge in [0.2, 0.25) is 0 Å². The first-order chi connectivity index (χ1) is 5.79. The van der Waals surface area contributed by atoms with Gasteiger partial charge in [0, 0.05) is 7.11 Å². The molecule has 0 fully saturated rings. The number of methoxy groups -OCH3 is 1. The molecule has 7 heteroatoms. The lowest BCUT2D eigenvalue weighted by Gasteiger charge is -2.25. The summed E-state index contributed by atoms with van der Waals surface area (Å²) < 4.78 is 44.4. The molecule has 0 aromatic carbocycles. The van der Waals surface area contributed by atoms with Crippen LogP contribution in [0.2, 0.25) is 0 Å². The first-order valence-corrected chi connectivity index (χ1v) is 3.65. The minimum atomic E-state index is -5.00. The second-order valence-corrected chi connectivity index (χ2v) is 2.55. The molecular weight excluding hydrogens is 213 g/mol. The van der Waals surface area contributed by atoms with E-state index in [1.807, 2.05) is 0 Å². The summed E-state index contributed by atoms with van der Waals surface area (Å²) in [6.45, 7) is 1.16. The maximum Gasteiger partial charge on any atom is 0.443 e. The van der Waals surface area contributed by atoms with Gasteiger partial charge in [-0.3, -0.25) is 0 Å². The lowest BCUT2D eigenvalue weighted by molar-refractivity contribution is -0.240. The van der Waals surface area contributed by atoms with Crippen LogP contribution in [-0.4, -0.2) is 30.9 Å². The first-order valence-electron chi connectivity index (χ1n) is 3.27. The molecule has 1 unspecified atom stereocenters. The van der Waals surface area contributed by atoms with Crippen LogP contribution >= 0.6 is 11.6 Å². The standard InChI is InChI=1S/C6H8ClF3O3/c1-3-13-4(11)5(7,12-2)6(8,9)10/h3H2,1-2H3. The van der Waals surface area contributed by atoms with Crippen LogP contribution in [-0.2, 0) is 14.3 Å². The van der Waals surface area contributed by atoms with Gasteiger partial charge in [-0.1, -0.05) is 11.6 Å². The number of hydrogen-bond donors (Lipinski definition) is 0. The average Bonchev–Trinajstić information content (AvgIpc) is 2.01. The van der Waals surface area contributed by atoms with Crippen molar-refractivity contribution in [1.82, 2.24) is 0 Å². The van der Waals surface area contributed by atoms with Gasteiger partial charge < -0.3 is 9.47 Å². The van der Waals surface area contributed by atoms with E-state index in [9.17, 15) is 18.0 Å². The molecule has 0 N–H and O–H groups in total. The Hall–Kier alpha value is -0.490. The quantitative estimate of drug-likeness (QED) is 0.536. The van der Waals surface area contributed by atoms with Gasteiger partial charge in [-0.25, -0.2) is 4.79 Å². The summed E-state index contributed by atoms with van der Waals surface area (Å²) in [7, 11) is 0.678. The van der Waals surface area contributed by atoms with Crippen molar-refractivity contribution in [3.05, 3.63) is 0 Å². The molecule has 0 aliphatic rings. The Morgan fingerprint density at radius 1 is 1.46 bits per heavy atom. The van der Waals surface area contributed by atoms with Crippen molar-refractivity contribution in [2.75, 3.05) is 13.7 Å². The van der Waals surface area contributed by atoms with Crippen LogP contribution in [0.4, 0.5) is 13.2 Å². The van der Waals surface area contributed by atoms with Crippen molar-refractivity contribution in [1.29, 1.82) is 0 Å². The highest BCUT2D eigenvalue weighted by molar-refractivity contribution is 6.33. The molecule has 1 atom stereocenters. The predicted octanol–water partition coefficient (Wildman–Crippen LogP) is 1.69. The number of rotatable bonds is 3. The van der Waals surface area contributed by atoms with E-state index in [2.05, 4.69) is 9.47 Å². The average molecular weight is 221 g/mol. The van der Waals surface area contributed by atoms with Gasteiger partial charge in [0.05, 0.1) is 6.61 Å². The van der Waals surface area contributed by atoms with Gasteiger partial charge in [0.1, 0.15) is 0 Å². The van der Waals surface area contributed by atoms with E-state index in [0.29, 0.717) is 7.11 Å². The van der Waals surface area contributed by atoms with Crippen LogP contribution in [0.25, 0.3) is 0 Å². The van der Waals surface area contributed by atoms with Gasteiger partial charge in [0.25, 0.3) is 0 Å². The highest BCUT2D eigenvalue weighted by Crippen LogP contribution is 2.37. The molecule has 0 aliphatic carbocycles. The fraction of sp³-hybridized carbons (Fsp3) is 0.833. The Bertz CT molecular complexity index is 194. The van der Waals surface area contributed by atoms with Crippen molar-refractivity contribution in [2.24, 2.45) is 0 Å². The third-order valence-electron chi connectivity index (χ3n) is 1.18. The van der Waals surface area contributed by atoms with E-state index in [1.165, 1.54) is 6.92 Å². The second-order valence-electron chi connectivity index (χ2n) is 2.02. The van der Waals surface area contributed by atoms with Crippen LogP contribution in [0.5, 0.6) is 0 Å². The van der Waals surface area contributed by atoms with E-state index >= 15 is 0 Å². The Kier molecular flexibility index (Phi) is 3.99. The van der Waals surface area contributed by atoms with Crippen LogP contribution in [0, 0.1) is 0 Å². The zero-order chi connectivity index (χ0) is 10.7. The molecule has 0 bridgehead atoms. The molecule has 3 nitrogen and oxygen atoms in total. The lowest BCUT2D eigenvalue weighted by atomic mass is 10.3. The van der Waals surface area contributed by atoms with Crippen molar-refractivity contribution in [2.45, 2.75) is 18.2 Å². The minimum absolute atomic E-state index is 0.202. The Labute approximate surface area is 77.8 Å². The van der Waals surface area contributed by atoms with Gasteiger partial charge in [-0.2, -0.15) is 13.2 Å². The zero-order valence-corrected chi connectivity index (χ0v) is 7.70. The summed E-state index contributed by atoms with van der Waals surface area (Å²) in [5.74, 6) is -1.66. The van der Waals surface area contributed by atoms with E-state index in [1.54, 1.807) is 0 Å². The molecule has 78 valence electrons. The molecule has 0 aromatic rings. The van der Waals surface area contributed by atoms with Crippen LogP contribution in [0.1, 0.15) is 6.92 Å².